The average Bonchev–Trinajstić information content (AvgIpc) is 3.68. The summed E-state index contributed by atoms with van der Waals surface area (Å²) in [5, 5.41) is 27.7. The van der Waals surface area contributed by atoms with Crippen LogP contribution in [-0.2, 0) is 17.7 Å². The van der Waals surface area contributed by atoms with Crippen LogP contribution in [0.1, 0.15) is 70.9 Å². The number of hydrogen-bond donors (Lipinski definition) is 4. The number of aromatic nitrogens is 2. The number of thiazole rings is 2. The van der Waals surface area contributed by atoms with Gasteiger partial charge in [0.15, 0.2) is 0 Å². The molecule has 0 saturated carbocycles. The van der Waals surface area contributed by atoms with E-state index >= 15 is 0 Å². The van der Waals surface area contributed by atoms with E-state index in [1.54, 1.807) is 17.4 Å². The molecule has 1 atom stereocenters. The molecule has 6 rings (SSSR count). The molecule has 0 aliphatic carbocycles. The number of phenols is 1. The molecular formula is C33H40ClN5O5S2. The van der Waals surface area contributed by atoms with Crippen molar-refractivity contribution in [2.24, 2.45) is 0 Å². The number of nitrogens with zero attached hydrogens (tertiary/aromatic N) is 3. The van der Waals surface area contributed by atoms with Crippen LogP contribution in [0.2, 0.25) is 5.02 Å². The largest absolute Gasteiger partial charge is 0.506 e. The lowest BCUT2D eigenvalue weighted by molar-refractivity contribution is -0.128. The summed E-state index contributed by atoms with van der Waals surface area (Å²) in [4.78, 5) is 36.3. The number of nitrogens with one attached hydrogen (secondary N) is 2. The topological polar surface area (TPSA) is 131 Å². The van der Waals surface area contributed by atoms with Gasteiger partial charge in [-0.2, -0.15) is 0 Å². The van der Waals surface area contributed by atoms with Crippen molar-refractivity contribution in [2.45, 2.75) is 57.3 Å². The first-order chi connectivity index (χ1) is 22.1. The minimum atomic E-state index is -0.824. The van der Waals surface area contributed by atoms with Gasteiger partial charge in [-0.25, -0.2) is 4.98 Å². The van der Waals surface area contributed by atoms with Gasteiger partial charge < -0.3 is 30.2 Å². The number of aliphatic hydroxyl groups is 1. The molecule has 246 valence electrons. The lowest BCUT2D eigenvalue weighted by Gasteiger charge is -2.47. The number of rotatable bonds is 10. The van der Waals surface area contributed by atoms with E-state index in [1.807, 2.05) is 22.4 Å². The van der Waals surface area contributed by atoms with Gasteiger partial charge in [-0.15, -0.1) is 11.3 Å². The van der Waals surface area contributed by atoms with E-state index in [1.165, 1.54) is 6.07 Å². The van der Waals surface area contributed by atoms with Crippen molar-refractivity contribution in [1.82, 2.24) is 25.1 Å². The van der Waals surface area contributed by atoms with E-state index in [2.05, 4.69) is 40.1 Å². The molecule has 2 aromatic heterocycles. The number of morpholine rings is 1. The molecule has 10 nitrogen and oxygen atoms in total. The number of amides is 1. The second-order valence-electron chi connectivity index (χ2n) is 12.6. The van der Waals surface area contributed by atoms with Crippen LogP contribution >= 0.6 is 34.3 Å². The van der Waals surface area contributed by atoms with Crippen LogP contribution in [0.15, 0.2) is 40.5 Å². The molecule has 4 aromatic rings. The Labute approximate surface area is 281 Å². The molecule has 4 heterocycles. The number of carbonyl (C=O) groups excluding carboxylic acids is 1. The van der Waals surface area contributed by atoms with Crippen LogP contribution in [0.25, 0.3) is 10.2 Å². The summed E-state index contributed by atoms with van der Waals surface area (Å²) >= 11 is 9.06. The van der Waals surface area contributed by atoms with Crippen molar-refractivity contribution < 1.29 is 19.7 Å². The van der Waals surface area contributed by atoms with Crippen molar-refractivity contribution in [2.75, 3.05) is 45.9 Å². The molecule has 0 radical (unpaired) electrons. The van der Waals surface area contributed by atoms with Gasteiger partial charge >= 0.3 is 4.87 Å². The predicted molar refractivity (Wildman–Crippen MR) is 182 cm³/mol. The van der Waals surface area contributed by atoms with Gasteiger partial charge in [0.25, 0.3) is 5.91 Å². The van der Waals surface area contributed by atoms with Gasteiger partial charge in [-0.3, -0.25) is 14.5 Å². The Balaban J connectivity index is 0.989. The van der Waals surface area contributed by atoms with Crippen LogP contribution in [0, 0.1) is 0 Å². The monoisotopic (exact) mass is 685 g/mol. The third-order valence-corrected chi connectivity index (χ3v) is 11.1. The maximum atomic E-state index is 13.2. The Hall–Kier alpha value is -2.84. The lowest BCUT2D eigenvalue weighted by atomic mass is 9.89. The molecule has 13 heteroatoms. The molecule has 46 heavy (non-hydrogen) atoms. The van der Waals surface area contributed by atoms with Crippen molar-refractivity contribution in [3.8, 4) is 5.75 Å². The average molecular weight is 686 g/mol. The highest BCUT2D eigenvalue weighted by atomic mass is 35.5. The normalized spacial score (nSPS) is 17.7. The number of halogens is 1. The third-order valence-electron chi connectivity index (χ3n) is 8.84. The second kappa shape index (κ2) is 14.1. The van der Waals surface area contributed by atoms with E-state index in [0.29, 0.717) is 65.2 Å². The fourth-order valence-electron chi connectivity index (χ4n) is 6.35. The molecule has 2 aliphatic heterocycles. The maximum Gasteiger partial charge on any atom is 0.305 e. The maximum absolute atomic E-state index is 13.2. The zero-order chi connectivity index (χ0) is 32.4. The third kappa shape index (κ3) is 7.49. The van der Waals surface area contributed by atoms with Crippen molar-refractivity contribution in [3.05, 3.63) is 77.8 Å². The molecule has 1 spiro atoms. The van der Waals surface area contributed by atoms with Crippen LogP contribution < -0.4 is 10.2 Å². The minimum Gasteiger partial charge on any atom is -0.506 e. The Bertz CT molecular complexity index is 1750. The number of likely N-dealkylation sites (tertiary alicyclic amines) is 1. The first kappa shape index (κ1) is 33.1. The molecule has 4 N–H and O–H groups in total. The number of phenolic OH excluding ortho intramolecular Hbond substituents is 1. The van der Waals surface area contributed by atoms with E-state index in [9.17, 15) is 19.8 Å². The summed E-state index contributed by atoms with van der Waals surface area (Å²) in [5.41, 5.74) is 3.45. The van der Waals surface area contributed by atoms with E-state index in [4.69, 9.17) is 16.3 Å². The number of hydrogen-bond acceptors (Lipinski definition) is 10. The minimum absolute atomic E-state index is 0.000336. The Morgan fingerprint density at radius 3 is 2.74 bits per heavy atom. The summed E-state index contributed by atoms with van der Waals surface area (Å²) < 4.78 is 6.89. The molecule has 2 fully saturated rings. The Morgan fingerprint density at radius 1 is 1.20 bits per heavy atom. The van der Waals surface area contributed by atoms with E-state index in [-0.39, 0.29) is 22.1 Å². The van der Waals surface area contributed by atoms with E-state index < -0.39 is 6.10 Å². The number of fused-ring (bicyclic) bond motifs is 1. The molecule has 2 aromatic carbocycles. The van der Waals surface area contributed by atoms with Gasteiger partial charge in [0, 0.05) is 54.6 Å². The fourth-order valence-corrected chi connectivity index (χ4v) is 8.35. The number of piperidine rings is 1. The quantitative estimate of drug-likeness (QED) is 0.174. The van der Waals surface area contributed by atoms with Gasteiger partial charge in [-0.1, -0.05) is 48.9 Å². The first-order valence-electron chi connectivity index (χ1n) is 15.7. The standard InChI is InChI=1S/C33H40ClN5O5S2/c1-20(2)30-36-25(18-45-30)31(42)39-11-12-44-33(19-39)6-9-38(10-7-33)17-22-13-21(14-23(34)15-22)5-8-35-16-27(41)24-3-4-26(40)28-29(24)46-32(43)37-28/h3-4,13-15,18,20,27,35,40-41H,5-12,16-17,19H2,1-2H3,(H,37,43)/t27-/m0/s1. The number of aromatic amines is 1. The number of benzene rings is 2. The SMILES string of the molecule is CC(C)c1nc(C(=O)N2CCOC3(CCN(Cc4cc(Cl)cc(CCNC[C@H](O)c5ccc(O)c6[nH]c(=O)sc56)c4)CC3)C2)cs1. The lowest BCUT2D eigenvalue weighted by Crippen LogP contribution is -2.58. The highest BCUT2D eigenvalue weighted by Gasteiger charge is 2.41. The summed E-state index contributed by atoms with van der Waals surface area (Å²) in [6.07, 6.45) is 1.63. The molecular weight excluding hydrogens is 646 g/mol. The van der Waals surface area contributed by atoms with Crippen LogP contribution in [-0.4, -0.2) is 87.4 Å². The number of aromatic hydroxyl groups is 1. The van der Waals surface area contributed by atoms with E-state index in [0.717, 1.165) is 66.4 Å². The molecule has 0 bridgehead atoms. The molecule has 2 aliphatic rings. The summed E-state index contributed by atoms with van der Waals surface area (Å²) in [6.45, 7) is 9.39. The summed E-state index contributed by atoms with van der Waals surface area (Å²) in [7, 11) is 0. The summed E-state index contributed by atoms with van der Waals surface area (Å²) in [6, 6.07) is 9.32. The summed E-state index contributed by atoms with van der Waals surface area (Å²) in [5.74, 6) is 0.301. The number of H-pyrrole nitrogens is 1. The van der Waals surface area contributed by atoms with Crippen molar-refractivity contribution >= 4 is 50.4 Å². The highest BCUT2D eigenvalue weighted by Crippen LogP contribution is 2.33. The van der Waals surface area contributed by atoms with Crippen LogP contribution in [0.4, 0.5) is 0 Å². The smallest absolute Gasteiger partial charge is 0.305 e. The van der Waals surface area contributed by atoms with Gasteiger partial charge in [0.1, 0.15) is 17.0 Å². The number of aliphatic hydroxyl groups excluding tert-OH is 1. The first-order valence-corrected chi connectivity index (χ1v) is 17.8. The zero-order valence-electron chi connectivity index (χ0n) is 26.1. The van der Waals surface area contributed by atoms with Crippen LogP contribution in [0.3, 0.4) is 0 Å². The van der Waals surface area contributed by atoms with Gasteiger partial charge in [0.05, 0.1) is 34.6 Å². The highest BCUT2D eigenvalue weighted by molar-refractivity contribution is 7.16. The predicted octanol–water partition coefficient (Wildman–Crippen LogP) is 4.90. The molecule has 0 unspecified atom stereocenters. The zero-order valence-corrected chi connectivity index (χ0v) is 28.4. The fraction of sp³-hybridized carbons (Fsp3) is 0.485. The Kier molecular flexibility index (Phi) is 10.1. The second-order valence-corrected chi connectivity index (χ2v) is 14.9. The number of ether oxygens (including phenoxy) is 1. The molecule has 2 saturated heterocycles. The molecule has 1 amide bonds. The van der Waals surface area contributed by atoms with Crippen LogP contribution in [0.5, 0.6) is 5.75 Å². The van der Waals surface area contributed by atoms with Crippen molar-refractivity contribution in [1.29, 1.82) is 0 Å². The van der Waals surface area contributed by atoms with Gasteiger partial charge in [-0.05, 0) is 55.1 Å². The Morgan fingerprint density at radius 2 is 1.98 bits per heavy atom. The van der Waals surface area contributed by atoms with Crippen molar-refractivity contribution in [3.63, 3.8) is 0 Å². The van der Waals surface area contributed by atoms with Gasteiger partial charge in [0.2, 0.25) is 0 Å². The number of carbonyl (C=O) groups is 1.